The van der Waals surface area contributed by atoms with E-state index in [0.717, 1.165) is 17.3 Å². The molecule has 1 aromatic carbocycles. The number of hydrogen-bond donors (Lipinski definition) is 2. The summed E-state index contributed by atoms with van der Waals surface area (Å²) in [7, 11) is 1.57. The fraction of sp³-hybridized carbons (Fsp3) is 0.105. The number of carbonyl (C=O) groups excluding carboxylic acids is 3. The summed E-state index contributed by atoms with van der Waals surface area (Å²) in [5.41, 5.74) is 5.70. The number of ether oxygens (including phenoxy) is 1. The van der Waals surface area contributed by atoms with Gasteiger partial charge in [-0.1, -0.05) is 36.1 Å². The Labute approximate surface area is 176 Å². The molecule has 1 aliphatic rings. The Morgan fingerprint density at radius 2 is 1.86 bits per heavy atom. The van der Waals surface area contributed by atoms with E-state index in [-0.39, 0.29) is 16.8 Å². The van der Waals surface area contributed by atoms with Gasteiger partial charge in [0, 0.05) is 18.0 Å². The van der Waals surface area contributed by atoms with Crippen molar-refractivity contribution in [3.63, 3.8) is 0 Å². The van der Waals surface area contributed by atoms with Crippen LogP contribution in [0.5, 0.6) is 5.75 Å². The van der Waals surface area contributed by atoms with Crippen molar-refractivity contribution in [1.29, 1.82) is 0 Å². The van der Waals surface area contributed by atoms with Gasteiger partial charge >= 0.3 is 0 Å². The molecule has 2 N–H and O–H groups in total. The van der Waals surface area contributed by atoms with E-state index in [1.807, 2.05) is 12.1 Å². The number of hydrogen-bond acceptors (Lipinski definition) is 7. The molecule has 2 heterocycles. The monoisotopic (exact) mass is 428 g/mol. The van der Waals surface area contributed by atoms with Crippen LogP contribution in [-0.2, 0) is 9.59 Å². The van der Waals surface area contributed by atoms with Crippen LogP contribution in [0.1, 0.15) is 15.9 Å². The summed E-state index contributed by atoms with van der Waals surface area (Å²) in [5.74, 6) is -0.730. The highest BCUT2D eigenvalue weighted by atomic mass is 32.2. The number of pyridine rings is 1. The van der Waals surface area contributed by atoms with Crippen LogP contribution in [0.2, 0.25) is 0 Å². The predicted octanol–water partition coefficient (Wildman–Crippen LogP) is 1.75. The quantitative estimate of drug-likeness (QED) is 0.425. The molecule has 1 saturated heterocycles. The molecule has 2 aromatic rings. The van der Waals surface area contributed by atoms with Crippen LogP contribution in [0, 0.1) is 0 Å². The number of carbonyl (C=O) groups is 3. The van der Waals surface area contributed by atoms with E-state index in [4.69, 9.17) is 17.0 Å². The first kappa shape index (κ1) is 20.5. The smallest absolute Gasteiger partial charge is 0.269 e. The topological polar surface area (TPSA) is 101 Å². The second-order valence-electron chi connectivity index (χ2n) is 5.78. The molecule has 0 aliphatic carbocycles. The third kappa shape index (κ3) is 5.18. The van der Waals surface area contributed by atoms with Gasteiger partial charge in [0.2, 0.25) is 0 Å². The maximum absolute atomic E-state index is 12.6. The lowest BCUT2D eigenvalue weighted by Gasteiger charge is -2.14. The van der Waals surface area contributed by atoms with Crippen molar-refractivity contribution < 1.29 is 19.1 Å². The Morgan fingerprint density at radius 1 is 1.17 bits per heavy atom. The third-order valence-electron chi connectivity index (χ3n) is 3.85. The summed E-state index contributed by atoms with van der Waals surface area (Å²) in [5, 5.41) is 0. The molecule has 0 unspecified atom stereocenters. The van der Waals surface area contributed by atoms with E-state index in [9.17, 15) is 14.4 Å². The molecule has 148 valence electrons. The van der Waals surface area contributed by atoms with E-state index in [0.29, 0.717) is 16.2 Å². The second kappa shape index (κ2) is 9.30. The van der Waals surface area contributed by atoms with E-state index in [1.54, 1.807) is 25.3 Å². The highest BCUT2D eigenvalue weighted by Gasteiger charge is 2.33. The zero-order valence-electron chi connectivity index (χ0n) is 15.2. The fourth-order valence-corrected chi connectivity index (χ4v) is 3.63. The van der Waals surface area contributed by atoms with Crippen LogP contribution in [0.3, 0.4) is 0 Å². The summed E-state index contributed by atoms with van der Waals surface area (Å²) in [6.07, 6.45) is 4.62. The van der Waals surface area contributed by atoms with E-state index in [2.05, 4.69) is 15.8 Å². The molecule has 0 atom stereocenters. The van der Waals surface area contributed by atoms with Crippen molar-refractivity contribution in [2.24, 2.45) is 0 Å². The van der Waals surface area contributed by atoms with E-state index >= 15 is 0 Å². The van der Waals surface area contributed by atoms with Gasteiger partial charge in [0.05, 0.1) is 12.0 Å². The molecule has 1 aliphatic heterocycles. The number of methoxy groups -OCH3 is 1. The lowest BCUT2D eigenvalue weighted by atomic mass is 10.2. The number of thioether (sulfide) groups is 1. The van der Waals surface area contributed by atoms with Gasteiger partial charge in [0.25, 0.3) is 17.7 Å². The van der Waals surface area contributed by atoms with Gasteiger partial charge in [-0.25, -0.2) is 0 Å². The number of nitrogens with one attached hydrogen (secondary N) is 2. The van der Waals surface area contributed by atoms with Crippen molar-refractivity contribution in [2.45, 2.75) is 0 Å². The summed E-state index contributed by atoms with van der Waals surface area (Å²) < 4.78 is 5.38. The molecule has 3 amide bonds. The number of hydrazine groups is 1. The van der Waals surface area contributed by atoms with Gasteiger partial charge in [-0.05, 0) is 35.9 Å². The summed E-state index contributed by atoms with van der Waals surface area (Å²) in [6.45, 7) is -0.304. The normalized spacial score (nSPS) is 14.8. The number of amides is 3. The van der Waals surface area contributed by atoms with Crippen molar-refractivity contribution in [3.05, 3.63) is 64.8 Å². The number of rotatable bonds is 5. The van der Waals surface area contributed by atoms with E-state index < -0.39 is 11.8 Å². The maximum atomic E-state index is 12.6. The van der Waals surface area contributed by atoms with Crippen LogP contribution in [0.25, 0.3) is 6.08 Å². The Hall–Kier alpha value is -3.24. The lowest BCUT2D eigenvalue weighted by Crippen LogP contribution is -2.47. The van der Waals surface area contributed by atoms with Crippen LogP contribution in [0.15, 0.2) is 53.7 Å². The zero-order valence-corrected chi connectivity index (χ0v) is 16.9. The van der Waals surface area contributed by atoms with E-state index in [1.165, 1.54) is 29.4 Å². The van der Waals surface area contributed by atoms with Crippen molar-refractivity contribution >= 4 is 52.1 Å². The zero-order chi connectivity index (χ0) is 20.8. The van der Waals surface area contributed by atoms with Gasteiger partial charge in [-0.15, -0.1) is 0 Å². The molecular formula is C19H16N4O4S2. The molecule has 0 radical (unpaired) electrons. The highest BCUT2D eigenvalue weighted by Crippen LogP contribution is 2.32. The Bertz CT molecular complexity index is 977. The predicted molar refractivity (Wildman–Crippen MR) is 113 cm³/mol. The molecule has 29 heavy (non-hydrogen) atoms. The first-order valence-corrected chi connectivity index (χ1v) is 9.59. The van der Waals surface area contributed by atoms with Crippen LogP contribution < -0.4 is 15.6 Å². The number of nitrogens with zero attached hydrogens (tertiary/aromatic N) is 2. The Kier molecular flexibility index (Phi) is 6.57. The number of thiocarbonyl (C=S) groups is 1. The molecular weight excluding hydrogens is 412 g/mol. The second-order valence-corrected chi connectivity index (χ2v) is 7.45. The van der Waals surface area contributed by atoms with Gasteiger partial charge in [0.1, 0.15) is 16.6 Å². The van der Waals surface area contributed by atoms with Gasteiger partial charge < -0.3 is 4.74 Å². The van der Waals surface area contributed by atoms with Crippen molar-refractivity contribution in [3.8, 4) is 5.75 Å². The van der Waals surface area contributed by atoms with Crippen molar-refractivity contribution in [2.75, 3.05) is 13.7 Å². The summed E-state index contributed by atoms with van der Waals surface area (Å²) >= 11 is 6.33. The van der Waals surface area contributed by atoms with Crippen LogP contribution in [0.4, 0.5) is 0 Å². The van der Waals surface area contributed by atoms with Crippen LogP contribution in [-0.4, -0.2) is 45.6 Å². The van der Waals surface area contributed by atoms with Gasteiger partial charge in [-0.3, -0.25) is 35.1 Å². The summed E-state index contributed by atoms with van der Waals surface area (Å²) in [6, 6.07) is 10.2. The fourth-order valence-electron chi connectivity index (χ4n) is 2.37. The molecule has 0 spiro atoms. The Morgan fingerprint density at radius 3 is 2.52 bits per heavy atom. The number of aromatic nitrogens is 1. The minimum atomic E-state index is -0.575. The maximum Gasteiger partial charge on any atom is 0.269 e. The SMILES string of the molecule is COc1ccc(C=C2SC(=S)N(CC(=O)NNC(=O)c3ccncc3)C2=O)cc1. The lowest BCUT2D eigenvalue weighted by molar-refractivity contribution is -0.129. The van der Waals surface area contributed by atoms with Crippen LogP contribution >= 0.6 is 24.0 Å². The highest BCUT2D eigenvalue weighted by molar-refractivity contribution is 8.26. The average Bonchev–Trinajstić information content (AvgIpc) is 3.00. The third-order valence-corrected chi connectivity index (χ3v) is 5.22. The standard InChI is InChI=1S/C19H16N4O4S2/c1-27-14-4-2-12(3-5-14)10-15-18(26)23(19(28)29-15)11-16(24)21-22-17(25)13-6-8-20-9-7-13/h2-10H,11H2,1H3,(H,21,24)(H,22,25). The molecule has 0 saturated carbocycles. The minimum absolute atomic E-state index is 0.269. The molecule has 1 fully saturated rings. The summed E-state index contributed by atoms with van der Waals surface area (Å²) in [4.78, 5) is 42.1. The molecule has 3 rings (SSSR count). The average molecular weight is 428 g/mol. The van der Waals surface area contributed by atoms with Gasteiger partial charge in [-0.2, -0.15) is 0 Å². The first-order chi connectivity index (χ1) is 14.0. The van der Waals surface area contributed by atoms with Crippen molar-refractivity contribution in [1.82, 2.24) is 20.7 Å². The molecule has 0 bridgehead atoms. The first-order valence-electron chi connectivity index (χ1n) is 8.36. The molecule has 1 aromatic heterocycles. The molecule has 10 heteroatoms. The number of benzene rings is 1. The largest absolute Gasteiger partial charge is 0.497 e. The molecule has 8 nitrogen and oxygen atoms in total. The van der Waals surface area contributed by atoms with Gasteiger partial charge in [0.15, 0.2) is 0 Å². The minimum Gasteiger partial charge on any atom is -0.497 e. The Balaban J connectivity index is 1.58.